The number of carbonyl (C=O) groups is 1. The lowest BCUT2D eigenvalue weighted by atomic mass is 9.92. The maximum absolute atomic E-state index is 12.1. The summed E-state index contributed by atoms with van der Waals surface area (Å²) in [4.78, 5) is 23.0. The summed E-state index contributed by atoms with van der Waals surface area (Å²) in [5.74, 6) is 1.90. The number of nitrogens with one attached hydrogen (secondary N) is 1. The number of alkyl carbamates (subject to hydrolysis) is 1. The second-order valence-corrected chi connectivity index (χ2v) is 7.69. The average molecular weight is 318 g/mol. The minimum absolute atomic E-state index is 0.212. The normalized spacial score (nSPS) is 27.0. The monoisotopic (exact) mass is 318 g/mol. The number of carbonyl (C=O) groups excluding carboxylic acids is 1. The molecular formula is C17H26N4O2. The first-order chi connectivity index (χ1) is 10.8. The molecule has 3 atom stereocenters. The highest BCUT2D eigenvalue weighted by Gasteiger charge is 2.43. The Balaban J connectivity index is 1.64. The Bertz CT molecular complexity index is 570. The first-order valence-corrected chi connectivity index (χ1v) is 8.35. The summed E-state index contributed by atoms with van der Waals surface area (Å²) in [5.41, 5.74) is 0.527. The summed E-state index contributed by atoms with van der Waals surface area (Å²) in [6.45, 7) is 9.50. The molecule has 1 saturated carbocycles. The molecule has 2 bridgehead atoms. The van der Waals surface area contributed by atoms with Gasteiger partial charge in [-0.1, -0.05) is 0 Å². The van der Waals surface area contributed by atoms with Crippen LogP contribution in [-0.4, -0.2) is 40.8 Å². The molecule has 0 radical (unpaired) electrons. The lowest BCUT2D eigenvalue weighted by Gasteiger charge is -2.39. The summed E-state index contributed by atoms with van der Waals surface area (Å²) in [5, 5.41) is 3.10. The maximum atomic E-state index is 12.1. The van der Waals surface area contributed by atoms with Crippen molar-refractivity contribution in [3.05, 3.63) is 18.1 Å². The summed E-state index contributed by atoms with van der Waals surface area (Å²) in [6.07, 6.45) is 3.61. The third kappa shape index (κ3) is 3.74. The van der Waals surface area contributed by atoms with Gasteiger partial charge in [-0.05, 0) is 52.4 Å². The van der Waals surface area contributed by atoms with Gasteiger partial charge in [-0.2, -0.15) is 0 Å². The molecule has 2 heterocycles. The van der Waals surface area contributed by atoms with Gasteiger partial charge in [0.1, 0.15) is 17.7 Å². The zero-order valence-corrected chi connectivity index (χ0v) is 14.4. The summed E-state index contributed by atoms with van der Waals surface area (Å²) in [7, 11) is 0. The Hall–Kier alpha value is -1.85. The van der Waals surface area contributed by atoms with E-state index in [1.807, 2.05) is 33.8 Å². The van der Waals surface area contributed by atoms with Crippen LogP contribution in [0.3, 0.4) is 0 Å². The van der Waals surface area contributed by atoms with Crippen molar-refractivity contribution in [2.45, 2.75) is 52.2 Å². The van der Waals surface area contributed by atoms with E-state index in [1.54, 1.807) is 6.33 Å². The fraction of sp³-hybridized carbons (Fsp3) is 0.706. The predicted molar refractivity (Wildman–Crippen MR) is 88.4 cm³/mol. The van der Waals surface area contributed by atoms with E-state index in [1.165, 1.54) is 0 Å². The van der Waals surface area contributed by atoms with Crippen LogP contribution in [0, 0.1) is 18.8 Å². The SMILES string of the molecule is Cc1cc(N2CC3CC[C@@H](C2)[C@@H]3NC(=O)OC(C)(C)C)ncn1. The number of anilines is 1. The van der Waals surface area contributed by atoms with Crippen LogP contribution < -0.4 is 10.2 Å². The Labute approximate surface area is 137 Å². The molecular weight excluding hydrogens is 292 g/mol. The molecule has 1 aliphatic heterocycles. The summed E-state index contributed by atoms with van der Waals surface area (Å²) < 4.78 is 5.41. The molecule has 2 aliphatic rings. The maximum Gasteiger partial charge on any atom is 0.407 e. The van der Waals surface area contributed by atoms with Crippen LogP contribution in [0.1, 0.15) is 39.3 Å². The Morgan fingerprint density at radius 2 is 1.91 bits per heavy atom. The quantitative estimate of drug-likeness (QED) is 0.907. The summed E-state index contributed by atoms with van der Waals surface area (Å²) in [6, 6.07) is 2.24. The van der Waals surface area contributed by atoms with Gasteiger partial charge in [0.2, 0.25) is 0 Å². The fourth-order valence-corrected chi connectivity index (χ4v) is 3.70. The van der Waals surface area contributed by atoms with Crippen molar-refractivity contribution >= 4 is 11.9 Å². The van der Waals surface area contributed by atoms with E-state index >= 15 is 0 Å². The minimum atomic E-state index is -0.456. The molecule has 6 nitrogen and oxygen atoms in total. The minimum Gasteiger partial charge on any atom is -0.444 e. The molecule has 6 heteroatoms. The number of amides is 1. The lowest BCUT2D eigenvalue weighted by molar-refractivity contribution is 0.0472. The van der Waals surface area contributed by atoms with Crippen molar-refractivity contribution in [2.75, 3.05) is 18.0 Å². The van der Waals surface area contributed by atoms with Gasteiger partial charge in [-0.15, -0.1) is 0 Å². The molecule has 0 aromatic carbocycles. The molecule has 2 fully saturated rings. The van der Waals surface area contributed by atoms with Crippen molar-refractivity contribution in [2.24, 2.45) is 11.8 Å². The van der Waals surface area contributed by atoms with Crippen LogP contribution in [0.2, 0.25) is 0 Å². The average Bonchev–Trinajstić information content (AvgIpc) is 2.68. The van der Waals surface area contributed by atoms with E-state index < -0.39 is 5.60 Å². The zero-order chi connectivity index (χ0) is 16.6. The highest BCUT2D eigenvalue weighted by Crippen LogP contribution is 2.38. The van der Waals surface area contributed by atoms with Gasteiger partial charge in [0.15, 0.2) is 0 Å². The molecule has 1 aromatic rings. The van der Waals surface area contributed by atoms with Crippen LogP contribution in [0.15, 0.2) is 12.4 Å². The Morgan fingerprint density at radius 3 is 2.48 bits per heavy atom. The van der Waals surface area contributed by atoms with E-state index in [2.05, 4.69) is 20.2 Å². The topological polar surface area (TPSA) is 67.4 Å². The van der Waals surface area contributed by atoms with Crippen molar-refractivity contribution in [1.82, 2.24) is 15.3 Å². The molecule has 1 N–H and O–H groups in total. The molecule has 1 saturated heterocycles. The molecule has 1 aliphatic carbocycles. The van der Waals surface area contributed by atoms with Crippen LogP contribution in [0.4, 0.5) is 10.6 Å². The van der Waals surface area contributed by atoms with E-state index in [4.69, 9.17) is 4.74 Å². The second-order valence-electron chi connectivity index (χ2n) is 7.69. The molecule has 23 heavy (non-hydrogen) atoms. The van der Waals surface area contributed by atoms with Gasteiger partial charge in [-0.3, -0.25) is 0 Å². The number of nitrogens with zero attached hydrogens (tertiary/aromatic N) is 3. The number of hydrogen-bond donors (Lipinski definition) is 1. The van der Waals surface area contributed by atoms with Crippen molar-refractivity contribution in [3.63, 3.8) is 0 Å². The van der Waals surface area contributed by atoms with Crippen LogP contribution >= 0.6 is 0 Å². The Kier molecular flexibility index (Phi) is 4.17. The van der Waals surface area contributed by atoms with Gasteiger partial charge < -0.3 is 15.0 Å². The van der Waals surface area contributed by atoms with Gasteiger partial charge in [0.25, 0.3) is 0 Å². The highest BCUT2D eigenvalue weighted by atomic mass is 16.6. The van der Waals surface area contributed by atoms with E-state index in [9.17, 15) is 4.79 Å². The number of piperidine rings is 1. The van der Waals surface area contributed by atoms with Crippen molar-refractivity contribution < 1.29 is 9.53 Å². The zero-order valence-electron chi connectivity index (χ0n) is 14.4. The third-order valence-electron chi connectivity index (χ3n) is 4.63. The summed E-state index contributed by atoms with van der Waals surface area (Å²) >= 11 is 0. The van der Waals surface area contributed by atoms with Crippen LogP contribution in [0.25, 0.3) is 0 Å². The first-order valence-electron chi connectivity index (χ1n) is 8.35. The Morgan fingerprint density at radius 1 is 1.26 bits per heavy atom. The largest absolute Gasteiger partial charge is 0.444 e. The lowest BCUT2D eigenvalue weighted by Crippen LogP contribution is -2.53. The number of aryl methyl sites for hydroxylation is 1. The number of fused-ring (bicyclic) bond motifs is 2. The number of aromatic nitrogens is 2. The van der Waals surface area contributed by atoms with Crippen molar-refractivity contribution in [3.8, 4) is 0 Å². The third-order valence-corrected chi connectivity index (χ3v) is 4.63. The molecule has 1 aromatic heterocycles. The van der Waals surface area contributed by atoms with Crippen LogP contribution in [-0.2, 0) is 4.74 Å². The van der Waals surface area contributed by atoms with Gasteiger partial charge in [0.05, 0.1) is 0 Å². The second kappa shape index (κ2) is 5.98. The number of hydrogen-bond acceptors (Lipinski definition) is 5. The highest BCUT2D eigenvalue weighted by molar-refractivity contribution is 5.68. The smallest absolute Gasteiger partial charge is 0.407 e. The molecule has 3 rings (SSSR count). The molecule has 0 spiro atoms. The van der Waals surface area contributed by atoms with Crippen molar-refractivity contribution in [1.29, 1.82) is 0 Å². The van der Waals surface area contributed by atoms with Gasteiger partial charge >= 0.3 is 6.09 Å². The predicted octanol–water partition coefficient (Wildman–Crippen LogP) is 2.52. The standard InChI is InChI=1S/C17H26N4O2/c1-11-7-14(19-10-18-11)21-8-12-5-6-13(9-21)15(12)20-16(22)23-17(2,3)4/h7,10,12-13,15H,5-6,8-9H2,1-4H3,(H,20,22)/t12-,13?,15-/m0/s1. The molecule has 126 valence electrons. The van der Waals surface area contributed by atoms with E-state index in [0.29, 0.717) is 11.8 Å². The van der Waals surface area contributed by atoms with E-state index in [-0.39, 0.29) is 12.1 Å². The van der Waals surface area contributed by atoms with Gasteiger partial charge in [-0.25, -0.2) is 14.8 Å². The fourth-order valence-electron chi connectivity index (χ4n) is 3.70. The van der Waals surface area contributed by atoms with Crippen LogP contribution in [0.5, 0.6) is 0 Å². The van der Waals surface area contributed by atoms with E-state index in [0.717, 1.165) is 37.4 Å². The molecule has 1 unspecified atom stereocenters. The number of ether oxygens (including phenoxy) is 1. The first kappa shape index (κ1) is 16.0. The number of rotatable bonds is 2. The molecule has 1 amide bonds. The van der Waals surface area contributed by atoms with Gasteiger partial charge in [0, 0.05) is 30.9 Å².